The molecule has 0 aliphatic heterocycles. The van der Waals surface area contributed by atoms with E-state index >= 15 is 0 Å². The molecule has 1 heterocycles. The number of carbonyl (C=O) groups is 1. The highest BCUT2D eigenvalue weighted by Crippen LogP contribution is 2.17. The minimum atomic E-state index is 0.476. The summed E-state index contributed by atoms with van der Waals surface area (Å²) >= 11 is 0. The van der Waals surface area contributed by atoms with Crippen LogP contribution in [0, 0.1) is 6.92 Å². The first kappa shape index (κ1) is 7.98. The molecule has 0 saturated carbocycles. The molecule has 0 radical (unpaired) electrons. The first-order valence-electron chi connectivity index (χ1n) is 4.11. The summed E-state index contributed by atoms with van der Waals surface area (Å²) in [4.78, 5) is 14.8. The molecule has 0 N–H and O–H groups in total. The standard InChI is InChI=1S/C10H10N2O/c1-7-4-3-5-8-10(7)12(2)9(6-13)11-8/h3-6H,1-2H3. The first-order valence-corrected chi connectivity index (χ1v) is 4.11. The Morgan fingerprint density at radius 1 is 1.46 bits per heavy atom. The van der Waals surface area contributed by atoms with Gasteiger partial charge in [0.2, 0.25) is 0 Å². The highest BCUT2D eigenvalue weighted by atomic mass is 16.1. The maximum Gasteiger partial charge on any atom is 0.185 e. The van der Waals surface area contributed by atoms with Gasteiger partial charge in [-0.1, -0.05) is 12.1 Å². The molecule has 0 spiro atoms. The van der Waals surface area contributed by atoms with E-state index in [0.717, 1.165) is 22.9 Å². The van der Waals surface area contributed by atoms with Crippen LogP contribution in [-0.2, 0) is 7.05 Å². The van der Waals surface area contributed by atoms with Crippen molar-refractivity contribution in [2.24, 2.45) is 7.05 Å². The molecule has 3 nitrogen and oxygen atoms in total. The fourth-order valence-corrected chi connectivity index (χ4v) is 1.59. The fraction of sp³-hybridized carbons (Fsp3) is 0.200. The molecular weight excluding hydrogens is 164 g/mol. The molecule has 0 aliphatic carbocycles. The van der Waals surface area contributed by atoms with Crippen molar-refractivity contribution in [3.8, 4) is 0 Å². The molecule has 0 atom stereocenters. The molecule has 0 saturated heterocycles. The second-order valence-corrected chi connectivity index (χ2v) is 3.09. The summed E-state index contributed by atoms with van der Waals surface area (Å²) in [5.74, 6) is 0.476. The van der Waals surface area contributed by atoms with Crippen molar-refractivity contribution in [3.05, 3.63) is 29.6 Å². The lowest BCUT2D eigenvalue weighted by Crippen LogP contribution is -1.95. The van der Waals surface area contributed by atoms with Crippen molar-refractivity contribution < 1.29 is 4.79 Å². The number of nitrogens with zero attached hydrogens (tertiary/aromatic N) is 2. The van der Waals surface area contributed by atoms with Crippen LogP contribution in [-0.4, -0.2) is 15.8 Å². The van der Waals surface area contributed by atoms with Crippen LogP contribution in [0.15, 0.2) is 18.2 Å². The molecule has 1 aromatic carbocycles. The van der Waals surface area contributed by atoms with Crippen LogP contribution in [0.3, 0.4) is 0 Å². The van der Waals surface area contributed by atoms with Gasteiger partial charge >= 0.3 is 0 Å². The molecule has 13 heavy (non-hydrogen) atoms. The van der Waals surface area contributed by atoms with Crippen molar-refractivity contribution >= 4 is 17.3 Å². The number of fused-ring (bicyclic) bond motifs is 1. The van der Waals surface area contributed by atoms with E-state index < -0.39 is 0 Å². The van der Waals surface area contributed by atoms with Crippen molar-refractivity contribution in [2.45, 2.75) is 6.92 Å². The Bertz CT molecular complexity index is 471. The lowest BCUT2D eigenvalue weighted by atomic mass is 10.2. The average molecular weight is 174 g/mol. The highest BCUT2D eigenvalue weighted by Gasteiger charge is 2.07. The number of rotatable bonds is 1. The summed E-state index contributed by atoms with van der Waals surface area (Å²) in [5.41, 5.74) is 3.05. The molecule has 1 aromatic heterocycles. The monoisotopic (exact) mass is 174 g/mol. The largest absolute Gasteiger partial charge is 0.325 e. The van der Waals surface area contributed by atoms with E-state index in [1.807, 2.05) is 36.7 Å². The van der Waals surface area contributed by atoms with Crippen LogP contribution in [0.5, 0.6) is 0 Å². The van der Waals surface area contributed by atoms with E-state index in [2.05, 4.69) is 4.98 Å². The SMILES string of the molecule is Cc1cccc2nc(C=O)n(C)c12. The Kier molecular flexibility index (Phi) is 1.65. The van der Waals surface area contributed by atoms with Crippen LogP contribution < -0.4 is 0 Å². The number of aromatic nitrogens is 2. The molecule has 2 rings (SSSR count). The first-order chi connectivity index (χ1) is 6.24. The average Bonchev–Trinajstić information content (AvgIpc) is 2.44. The van der Waals surface area contributed by atoms with Gasteiger partial charge in [-0.15, -0.1) is 0 Å². The number of carbonyl (C=O) groups excluding carboxylic acids is 1. The third-order valence-corrected chi connectivity index (χ3v) is 2.24. The third-order valence-electron chi connectivity index (χ3n) is 2.24. The molecular formula is C10H10N2O. The van der Waals surface area contributed by atoms with Crippen LogP contribution in [0.4, 0.5) is 0 Å². The van der Waals surface area contributed by atoms with Crippen molar-refractivity contribution in [3.63, 3.8) is 0 Å². The van der Waals surface area contributed by atoms with Crippen LogP contribution in [0.25, 0.3) is 11.0 Å². The summed E-state index contributed by atoms with van der Waals surface area (Å²) < 4.78 is 1.82. The maximum absolute atomic E-state index is 10.6. The minimum Gasteiger partial charge on any atom is -0.325 e. The Morgan fingerprint density at radius 3 is 2.85 bits per heavy atom. The highest BCUT2D eigenvalue weighted by molar-refractivity contribution is 5.85. The van der Waals surface area contributed by atoms with Crippen molar-refractivity contribution in [2.75, 3.05) is 0 Å². The van der Waals surface area contributed by atoms with E-state index in [9.17, 15) is 4.79 Å². The van der Waals surface area contributed by atoms with Gasteiger partial charge < -0.3 is 4.57 Å². The molecule has 0 fully saturated rings. The molecule has 0 aliphatic rings. The van der Waals surface area contributed by atoms with Crippen LogP contribution in [0.1, 0.15) is 16.2 Å². The van der Waals surface area contributed by atoms with Crippen LogP contribution in [0.2, 0.25) is 0 Å². The van der Waals surface area contributed by atoms with Gasteiger partial charge in [0.15, 0.2) is 12.1 Å². The number of aryl methyl sites for hydroxylation is 2. The Hall–Kier alpha value is -1.64. The van der Waals surface area contributed by atoms with Gasteiger partial charge in [0, 0.05) is 7.05 Å². The van der Waals surface area contributed by atoms with E-state index in [0.29, 0.717) is 5.82 Å². The number of hydrogen-bond donors (Lipinski definition) is 0. The summed E-state index contributed by atoms with van der Waals surface area (Å²) in [6, 6.07) is 5.87. The topological polar surface area (TPSA) is 34.9 Å². The smallest absolute Gasteiger partial charge is 0.185 e. The number of imidazole rings is 1. The minimum absolute atomic E-state index is 0.476. The van der Waals surface area contributed by atoms with Crippen molar-refractivity contribution in [1.82, 2.24) is 9.55 Å². The van der Waals surface area contributed by atoms with E-state index in [-0.39, 0.29) is 0 Å². The van der Waals surface area contributed by atoms with Gasteiger partial charge in [0.05, 0.1) is 11.0 Å². The summed E-state index contributed by atoms with van der Waals surface area (Å²) in [5, 5.41) is 0. The van der Waals surface area contributed by atoms with Crippen molar-refractivity contribution in [1.29, 1.82) is 0 Å². The predicted octanol–water partition coefficient (Wildman–Crippen LogP) is 1.69. The summed E-state index contributed by atoms with van der Waals surface area (Å²) in [6.07, 6.45) is 0.777. The lowest BCUT2D eigenvalue weighted by Gasteiger charge is -1.98. The van der Waals surface area contributed by atoms with Gasteiger partial charge in [-0.05, 0) is 18.6 Å². The molecule has 2 aromatic rings. The number of hydrogen-bond acceptors (Lipinski definition) is 2. The Balaban J connectivity index is 2.92. The normalized spacial score (nSPS) is 10.6. The second-order valence-electron chi connectivity index (χ2n) is 3.09. The van der Waals surface area contributed by atoms with Gasteiger partial charge in [0.1, 0.15) is 0 Å². The maximum atomic E-state index is 10.6. The zero-order chi connectivity index (χ0) is 9.42. The zero-order valence-corrected chi connectivity index (χ0v) is 7.61. The lowest BCUT2D eigenvalue weighted by molar-refractivity contribution is 0.111. The molecule has 0 amide bonds. The molecule has 66 valence electrons. The Morgan fingerprint density at radius 2 is 2.23 bits per heavy atom. The quantitative estimate of drug-likeness (QED) is 0.617. The Labute approximate surface area is 76.0 Å². The predicted molar refractivity (Wildman–Crippen MR) is 50.8 cm³/mol. The fourth-order valence-electron chi connectivity index (χ4n) is 1.59. The molecule has 0 unspecified atom stereocenters. The number of aldehydes is 1. The van der Waals surface area contributed by atoms with E-state index in [1.54, 1.807) is 0 Å². The van der Waals surface area contributed by atoms with Gasteiger partial charge in [-0.3, -0.25) is 4.79 Å². The van der Waals surface area contributed by atoms with E-state index in [4.69, 9.17) is 0 Å². The van der Waals surface area contributed by atoms with Gasteiger partial charge in [-0.25, -0.2) is 4.98 Å². The van der Waals surface area contributed by atoms with Gasteiger partial charge in [-0.2, -0.15) is 0 Å². The molecule has 0 bridgehead atoms. The van der Waals surface area contributed by atoms with E-state index in [1.165, 1.54) is 0 Å². The van der Waals surface area contributed by atoms with Gasteiger partial charge in [0.25, 0.3) is 0 Å². The second kappa shape index (κ2) is 2.69. The molecule has 3 heteroatoms. The third kappa shape index (κ3) is 1.04. The summed E-state index contributed by atoms with van der Waals surface area (Å²) in [6.45, 7) is 2.01. The van der Waals surface area contributed by atoms with Crippen LogP contribution >= 0.6 is 0 Å². The summed E-state index contributed by atoms with van der Waals surface area (Å²) in [7, 11) is 1.85. The number of benzene rings is 1. The zero-order valence-electron chi connectivity index (χ0n) is 7.61. The number of para-hydroxylation sites is 1.